The normalized spacial score (nSPS) is 10.9. The van der Waals surface area contributed by atoms with E-state index in [9.17, 15) is 9.18 Å². The largest absolute Gasteiger partial charge is 0.452 e. The fourth-order valence-corrected chi connectivity index (χ4v) is 2.37. The molecule has 20 heavy (non-hydrogen) atoms. The third-order valence-corrected chi connectivity index (χ3v) is 3.43. The number of halogens is 2. The molecule has 0 unspecified atom stereocenters. The van der Waals surface area contributed by atoms with Crippen molar-refractivity contribution in [1.82, 2.24) is 0 Å². The highest BCUT2D eigenvalue weighted by molar-refractivity contribution is 6.31. The first-order valence-corrected chi connectivity index (χ1v) is 6.43. The first-order chi connectivity index (χ1) is 9.56. The minimum atomic E-state index is -0.395. The molecule has 0 N–H and O–H groups in total. The lowest BCUT2D eigenvalue weighted by molar-refractivity contribution is 0.101. The summed E-state index contributed by atoms with van der Waals surface area (Å²) in [7, 11) is 0. The van der Waals surface area contributed by atoms with Crippen molar-refractivity contribution < 1.29 is 13.6 Å². The van der Waals surface area contributed by atoms with Crippen LogP contribution in [0.4, 0.5) is 4.39 Å². The molecule has 100 valence electrons. The van der Waals surface area contributed by atoms with Gasteiger partial charge in [0.15, 0.2) is 5.76 Å². The number of furan rings is 1. The van der Waals surface area contributed by atoms with Crippen molar-refractivity contribution in [3.05, 3.63) is 70.2 Å². The summed E-state index contributed by atoms with van der Waals surface area (Å²) in [5, 5.41) is 1.22. The molecule has 0 atom stereocenters. The van der Waals surface area contributed by atoms with Crippen LogP contribution in [-0.4, -0.2) is 5.78 Å². The van der Waals surface area contributed by atoms with Crippen molar-refractivity contribution in [2.24, 2.45) is 0 Å². The fraction of sp³-hybridized carbons (Fsp3) is 0.0625. The Kier molecular flexibility index (Phi) is 3.07. The molecular formula is C16H10ClFO2. The maximum atomic E-state index is 13.2. The number of carbonyl (C=O) groups is 1. The molecule has 3 rings (SSSR count). The second-order valence-electron chi connectivity index (χ2n) is 4.54. The molecular weight excluding hydrogens is 279 g/mol. The van der Waals surface area contributed by atoms with Gasteiger partial charge in [-0.25, -0.2) is 4.39 Å². The van der Waals surface area contributed by atoms with E-state index < -0.39 is 5.82 Å². The number of aryl methyl sites for hydroxylation is 1. The monoisotopic (exact) mass is 288 g/mol. The first-order valence-electron chi connectivity index (χ1n) is 6.05. The summed E-state index contributed by atoms with van der Waals surface area (Å²) in [5.74, 6) is -0.442. The predicted molar refractivity (Wildman–Crippen MR) is 75.8 cm³/mol. The van der Waals surface area contributed by atoms with E-state index >= 15 is 0 Å². The minimum Gasteiger partial charge on any atom is -0.452 e. The zero-order chi connectivity index (χ0) is 14.3. The molecule has 1 aromatic heterocycles. The number of carbonyl (C=O) groups excluding carboxylic acids is 1. The van der Waals surface area contributed by atoms with Crippen LogP contribution in [0.1, 0.15) is 21.7 Å². The fourth-order valence-electron chi connectivity index (χ4n) is 2.18. The SMILES string of the molecule is Cc1c(C(=O)c2cccc(Cl)c2)oc2cc(F)ccc12. The summed E-state index contributed by atoms with van der Waals surface area (Å²) >= 11 is 5.88. The number of fused-ring (bicyclic) bond motifs is 1. The molecule has 0 saturated carbocycles. The second kappa shape index (κ2) is 4.76. The van der Waals surface area contributed by atoms with E-state index in [1.807, 2.05) is 0 Å². The highest BCUT2D eigenvalue weighted by Gasteiger charge is 2.19. The van der Waals surface area contributed by atoms with E-state index in [2.05, 4.69) is 0 Å². The highest BCUT2D eigenvalue weighted by Crippen LogP contribution is 2.28. The molecule has 0 aliphatic heterocycles. The number of hydrogen-bond acceptors (Lipinski definition) is 2. The van der Waals surface area contributed by atoms with Crippen LogP contribution in [-0.2, 0) is 0 Å². The molecule has 1 heterocycles. The topological polar surface area (TPSA) is 30.2 Å². The quantitative estimate of drug-likeness (QED) is 0.636. The van der Waals surface area contributed by atoms with Crippen LogP contribution < -0.4 is 0 Å². The first kappa shape index (κ1) is 12.9. The molecule has 4 heteroatoms. The van der Waals surface area contributed by atoms with Crippen LogP contribution in [0.15, 0.2) is 46.9 Å². The summed E-state index contributed by atoms with van der Waals surface area (Å²) in [6, 6.07) is 10.9. The van der Waals surface area contributed by atoms with Gasteiger partial charge in [-0.1, -0.05) is 23.7 Å². The zero-order valence-corrected chi connectivity index (χ0v) is 11.4. The molecule has 0 aliphatic rings. The van der Waals surface area contributed by atoms with Gasteiger partial charge in [0.2, 0.25) is 5.78 Å². The average Bonchev–Trinajstić information content (AvgIpc) is 2.74. The molecule has 0 radical (unpaired) electrons. The standard InChI is InChI=1S/C16H10ClFO2/c1-9-13-6-5-12(18)8-14(13)20-16(9)15(19)10-3-2-4-11(17)7-10/h2-8H,1H3. The van der Waals surface area contributed by atoms with Crippen molar-refractivity contribution in [3.63, 3.8) is 0 Å². The smallest absolute Gasteiger partial charge is 0.228 e. The average molecular weight is 289 g/mol. The molecule has 0 saturated heterocycles. The van der Waals surface area contributed by atoms with Gasteiger partial charge >= 0.3 is 0 Å². The van der Waals surface area contributed by atoms with Crippen molar-refractivity contribution in [2.75, 3.05) is 0 Å². The van der Waals surface area contributed by atoms with E-state index in [4.69, 9.17) is 16.0 Å². The van der Waals surface area contributed by atoms with E-state index in [0.717, 1.165) is 5.39 Å². The van der Waals surface area contributed by atoms with Crippen molar-refractivity contribution in [2.45, 2.75) is 6.92 Å². The molecule has 2 aromatic carbocycles. The van der Waals surface area contributed by atoms with Gasteiger partial charge in [0.25, 0.3) is 0 Å². The number of rotatable bonds is 2. The number of benzene rings is 2. The van der Waals surface area contributed by atoms with Crippen molar-refractivity contribution >= 4 is 28.4 Å². The number of hydrogen-bond donors (Lipinski definition) is 0. The Hall–Kier alpha value is -2.13. The van der Waals surface area contributed by atoms with Gasteiger partial charge in [0.1, 0.15) is 11.4 Å². The third kappa shape index (κ3) is 2.10. The summed E-state index contributed by atoms with van der Waals surface area (Å²) in [6.45, 7) is 1.78. The van der Waals surface area contributed by atoms with E-state index in [0.29, 0.717) is 21.7 Å². The van der Waals surface area contributed by atoms with E-state index in [1.165, 1.54) is 12.1 Å². The molecule has 0 fully saturated rings. The Morgan fingerprint density at radius 2 is 2.00 bits per heavy atom. The van der Waals surface area contributed by atoms with E-state index in [1.54, 1.807) is 37.3 Å². The Morgan fingerprint density at radius 3 is 2.75 bits per heavy atom. The summed E-state index contributed by atoms with van der Waals surface area (Å²) in [5.41, 5.74) is 1.51. The minimum absolute atomic E-state index is 0.216. The van der Waals surface area contributed by atoms with Gasteiger partial charge in [-0.15, -0.1) is 0 Å². The zero-order valence-electron chi connectivity index (χ0n) is 10.6. The molecule has 3 aromatic rings. The van der Waals surface area contributed by atoms with Crippen LogP contribution in [0.5, 0.6) is 0 Å². The Balaban J connectivity index is 2.14. The maximum Gasteiger partial charge on any atom is 0.228 e. The van der Waals surface area contributed by atoms with Crippen LogP contribution in [0.3, 0.4) is 0 Å². The molecule has 0 aliphatic carbocycles. The van der Waals surface area contributed by atoms with Gasteiger partial charge in [-0.05, 0) is 31.2 Å². The molecule has 0 bridgehead atoms. The lowest BCUT2D eigenvalue weighted by atomic mass is 10.0. The molecule has 0 spiro atoms. The van der Waals surface area contributed by atoms with Gasteiger partial charge in [-0.3, -0.25) is 4.79 Å². The lowest BCUT2D eigenvalue weighted by Gasteiger charge is -1.99. The Bertz CT molecular complexity index is 820. The van der Waals surface area contributed by atoms with Crippen LogP contribution in [0, 0.1) is 12.7 Å². The predicted octanol–water partition coefficient (Wildman–Crippen LogP) is 4.76. The van der Waals surface area contributed by atoms with Gasteiger partial charge in [-0.2, -0.15) is 0 Å². The van der Waals surface area contributed by atoms with Crippen LogP contribution in [0.2, 0.25) is 5.02 Å². The van der Waals surface area contributed by atoms with Crippen LogP contribution >= 0.6 is 11.6 Å². The second-order valence-corrected chi connectivity index (χ2v) is 4.97. The van der Waals surface area contributed by atoms with Crippen LogP contribution in [0.25, 0.3) is 11.0 Å². The van der Waals surface area contributed by atoms with Gasteiger partial charge in [0, 0.05) is 27.6 Å². The third-order valence-electron chi connectivity index (χ3n) is 3.19. The van der Waals surface area contributed by atoms with Crippen molar-refractivity contribution in [3.8, 4) is 0 Å². The summed E-state index contributed by atoms with van der Waals surface area (Å²) in [4.78, 5) is 12.4. The molecule has 0 amide bonds. The molecule has 2 nitrogen and oxygen atoms in total. The Morgan fingerprint density at radius 1 is 1.20 bits per heavy atom. The highest BCUT2D eigenvalue weighted by atomic mass is 35.5. The number of ketones is 1. The summed E-state index contributed by atoms with van der Waals surface area (Å²) < 4.78 is 18.7. The Labute approximate surface area is 119 Å². The van der Waals surface area contributed by atoms with E-state index in [-0.39, 0.29) is 11.5 Å². The maximum absolute atomic E-state index is 13.2. The van der Waals surface area contributed by atoms with Gasteiger partial charge in [0.05, 0.1) is 0 Å². The van der Waals surface area contributed by atoms with Gasteiger partial charge < -0.3 is 4.42 Å². The lowest BCUT2D eigenvalue weighted by Crippen LogP contribution is -2.01. The van der Waals surface area contributed by atoms with Crippen molar-refractivity contribution in [1.29, 1.82) is 0 Å². The summed E-state index contributed by atoms with van der Waals surface area (Å²) in [6.07, 6.45) is 0.